The first-order valence-electron chi connectivity index (χ1n) is 9.79. The van der Waals surface area contributed by atoms with E-state index < -0.39 is 15.8 Å². The number of hydrogen-bond donors (Lipinski definition) is 1. The summed E-state index contributed by atoms with van der Waals surface area (Å²) in [4.78, 5) is 25.8. The lowest BCUT2D eigenvalue weighted by atomic mass is 10.1. The van der Waals surface area contributed by atoms with Crippen LogP contribution < -0.4 is 10.1 Å². The lowest BCUT2D eigenvalue weighted by Gasteiger charge is -2.34. The van der Waals surface area contributed by atoms with E-state index in [0.717, 1.165) is 0 Å². The predicted molar refractivity (Wildman–Crippen MR) is 111 cm³/mol. The summed E-state index contributed by atoms with van der Waals surface area (Å²) in [7, 11) is -3.82. The first-order chi connectivity index (χ1) is 14.7. The molecule has 2 heterocycles. The smallest absolute Gasteiger partial charge is 0.262 e. The predicted octanol–water partition coefficient (Wildman–Crippen LogP) is 1.92. The summed E-state index contributed by atoms with van der Waals surface area (Å²) in [6, 6.07) is 7.32. The molecule has 1 fully saturated rings. The molecule has 2 aliphatic rings. The van der Waals surface area contributed by atoms with Crippen LogP contribution in [0, 0.1) is 19.7 Å². The van der Waals surface area contributed by atoms with Crippen molar-refractivity contribution in [3.05, 3.63) is 52.8 Å². The van der Waals surface area contributed by atoms with Gasteiger partial charge < -0.3 is 15.0 Å². The minimum Gasteiger partial charge on any atom is -0.482 e. The molecular weight excluding hydrogens is 425 g/mol. The molecule has 10 heteroatoms. The van der Waals surface area contributed by atoms with Crippen LogP contribution in [0.4, 0.5) is 10.1 Å². The van der Waals surface area contributed by atoms with Crippen LogP contribution in [0.1, 0.15) is 21.5 Å². The zero-order valence-corrected chi connectivity index (χ0v) is 18.0. The Morgan fingerprint density at radius 3 is 2.45 bits per heavy atom. The molecule has 31 heavy (non-hydrogen) atoms. The van der Waals surface area contributed by atoms with E-state index in [-0.39, 0.29) is 55.1 Å². The number of piperazine rings is 1. The number of aryl methyl sites for hydroxylation is 2. The first-order valence-corrected chi connectivity index (χ1v) is 11.2. The maximum atomic E-state index is 13.8. The van der Waals surface area contributed by atoms with Gasteiger partial charge in [0, 0.05) is 37.8 Å². The van der Waals surface area contributed by atoms with Crippen molar-refractivity contribution in [2.45, 2.75) is 18.7 Å². The van der Waals surface area contributed by atoms with Crippen molar-refractivity contribution in [1.82, 2.24) is 9.21 Å². The average molecular weight is 447 g/mol. The molecule has 0 aromatic heterocycles. The molecule has 0 unspecified atom stereocenters. The molecule has 2 aromatic rings. The molecule has 0 saturated carbocycles. The summed E-state index contributed by atoms with van der Waals surface area (Å²) in [5, 5.41) is 2.66. The van der Waals surface area contributed by atoms with Gasteiger partial charge in [-0.25, -0.2) is 12.8 Å². The molecule has 0 spiro atoms. The van der Waals surface area contributed by atoms with E-state index in [0.29, 0.717) is 22.6 Å². The molecule has 0 bridgehead atoms. The van der Waals surface area contributed by atoms with E-state index in [2.05, 4.69) is 5.32 Å². The SMILES string of the molecule is Cc1ccc(C(=O)N2CCN(S(=O)(=O)c3cc4c(cc3C)NC(=O)CO4)CC2)cc1F. The molecule has 8 nitrogen and oxygen atoms in total. The number of carbonyl (C=O) groups excluding carboxylic acids is 2. The fraction of sp³-hybridized carbons (Fsp3) is 0.333. The van der Waals surface area contributed by atoms with Gasteiger partial charge >= 0.3 is 0 Å². The highest BCUT2D eigenvalue weighted by atomic mass is 32.2. The number of ether oxygens (including phenoxy) is 1. The molecule has 4 rings (SSSR count). The number of nitrogens with one attached hydrogen (secondary N) is 1. The third kappa shape index (κ3) is 4.00. The lowest BCUT2D eigenvalue weighted by molar-refractivity contribution is -0.118. The van der Waals surface area contributed by atoms with Crippen LogP contribution in [0.2, 0.25) is 0 Å². The van der Waals surface area contributed by atoms with Gasteiger partial charge in [0.1, 0.15) is 11.6 Å². The van der Waals surface area contributed by atoms with Crippen molar-refractivity contribution >= 4 is 27.5 Å². The second kappa shape index (κ2) is 7.93. The number of anilines is 1. The molecule has 1 N–H and O–H groups in total. The van der Waals surface area contributed by atoms with Gasteiger partial charge in [-0.2, -0.15) is 4.31 Å². The fourth-order valence-corrected chi connectivity index (χ4v) is 5.32. The van der Waals surface area contributed by atoms with Gasteiger partial charge in [0.25, 0.3) is 11.8 Å². The van der Waals surface area contributed by atoms with Gasteiger partial charge in [-0.15, -0.1) is 0 Å². The van der Waals surface area contributed by atoms with Crippen LogP contribution >= 0.6 is 0 Å². The molecule has 1 saturated heterocycles. The van der Waals surface area contributed by atoms with Gasteiger partial charge in [0.15, 0.2) is 6.61 Å². The van der Waals surface area contributed by atoms with Crippen molar-refractivity contribution in [2.24, 2.45) is 0 Å². The Morgan fingerprint density at radius 1 is 1.06 bits per heavy atom. The molecule has 0 radical (unpaired) electrons. The first kappa shape index (κ1) is 21.3. The van der Waals surface area contributed by atoms with Gasteiger partial charge in [0.2, 0.25) is 10.0 Å². The Hall–Kier alpha value is -2.98. The molecular formula is C21H22FN3O5S. The summed E-state index contributed by atoms with van der Waals surface area (Å²) in [5.74, 6) is -0.769. The highest BCUT2D eigenvalue weighted by molar-refractivity contribution is 7.89. The third-order valence-electron chi connectivity index (χ3n) is 5.47. The summed E-state index contributed by atoms with van der Waals surface area (Å²) in [6.07, 6.45) is 0. The Bertz CT molecular complexity index is 1170. The lowest BCUT2D eigenvalue weighted by Crippen LogP contribution is -2.50. The molecule has 0 aliphatic carbocycles. The van der Waals surface area contributed by atoms with Gasteiger partial charge in [-0.05, 0) is 43.2 Å². The van der Waals surface area contributed by atoms with Crippen LogP contribution in [0.25, 0.3) is 0 Å². The van der Waals surface area contributed by atoms with E-state index in [1.807, 2.05) is 0 Å². The normalized spacial score (nSPS) is 17.0. The highest BCUT2D eigenvalue weighted by Crippen LogP contribution is 2.34. The number of sulfonamides is 1. The van der Waals surface area contributed by atoms with Crippen molar-refractivity contribution in [3.63, 3.8) is 0 Å². The van der Waals surface area contributed by atoms with E-state index >= 15 is 0 Å². The Labute approximate surface area is 179 Å². The van der Waals surface area contributed by atoms with E-state index in [9.17, 15) is 22.4 Å². The Balaban J connectivity index is 1.50. The standard InChI is InChI=1S/C21H22FN3O5S/c1-13-3-4-15(10-16(13)22)21(27)24-5-7-25(8-6-24)31(28,29)19-11-18-17(9-14(19)2)23-20(26)12-30-18/h3-4,9-11H,5-8,12H2,1-2H3,(H,23,26). The van der Waals surface area contributed by atoms with Gasteiger partial charge in [-0.3, -0.25) is 9.59 Å². The van der Waals surface area contributed by atoms with Crippen molar-refractivity contribution < 1.29 is 27.1 Å². The van der Waals surface area contributed by atoms with E-state index in [4.69, 9.17) is 4.74 Å². The maximum Gasteiger partial charge on any atom is 0.262 e. The van der Waals surface area contributed by atoms with Crippen LogP contribution in [0.5, 0.6) is 5.75 Å². The number of fused-ring (bicyclic) bond motifs is 1. The number of halogens is 1. The Morgan fingerprint density at radius 2 is 1.77 bits per heavy atom. The second-order valence-corrected chi connectivity index (χ2v) is 9.52. The number of benzene rings is 2. The van der Waals surface area contributed by atoms with Crippen LogP contribution in [-0.2, 0) is 14.8 Å². The number of hydrogen-bond acceptors (Lipinski definition) is 5. The van der Waals surface area contributed by atoms with Crippen LogP contribution in [0.3, 0.4) is 0 Å². The van der Waals surface area contributed by atoms with Crippen LogP contribution in [-0.4, -0.2) is 62.2 Å². The average Bonchev–Trinajstić information content (AvgIpc) is 2.74. The topological polar surface area (TPSA) is 96.0 Å². The van der Waals surface area contributed by atoms with Gasteiger partial charge in [0.05, 0.1) is 10.6 Å². The molecule has 2 aliphatic heterocycles. The second-order valence-electron chi connectivity index (χ2n) is 7.61. The Kier molecular flexibility index (Phi) is 5.44. The quantitative estimate of drug-likeness (QED) is 0.776. The van der Waals surface area contributed by atoms with E-state index in [1.54, 1.807) is 32.0 Å². The zero-order valence-electron chi connectivity index (χ0n) is 17.1. The monoisotopic (exact) mass is 447 g/mol. The van der Waals surface area contributed by atoms with E-state index in [1.165, 1.54) is 21.3 Å². The van der Waals surface area contributed by atoms with Crippen LogP contribution in [0.15, 0.2) is 35.2 Å². The minimum absolute atomic E-state index is 0.0998. The number of rotatable bonds is 3. The highest BCUT2D eigenvalue weighted by Gasteiger charge is 2.33. The molecule has 2 aromatic carbocycles. The maximum absolute atomic E-state index is 13.8. The summed E-state index contributed by atoms with van der Waals surface area (Å²) in [6.45, 7) is 3.74. The van der Waals surface area contributed by atoms with Crippen molar-refractivity contribution in [1.29, 1.82) is 0 Å². The number of amides is 2. The summed E-state index contributed by atoms with van der Waals surface area (Å²) in [5.41, 5.74) is 1.62. The van der Waals surface area contributed by atoms with Crippen molar-refractivity contribution in [2.75, 3.05) is 38.1 Å². The molecule has 2 amide bonds. The molecule has 0 atom stereocenters. The van der Waals surface area contributed by atoms with Gasteiger partial charge in [-0.1, -0.05) is 6.07 Å². The number of nitrogens with zero attached hydrogens (tertiary/aromatic N) is 2. The van der Waals surface area contributed by atoms with Crippen molar-refractivity contribution in [3.8, 4) is 5.75 Å². The zero-order chi connectivity index (χ0) is 22.3. The summed E-state index contributed by atoms with van der Waals surface area (Å²) >= 11 is 0. The fourth-order valence-electron chi connectivity index (χ4n) is 3.67. The number of carbonyl (C=O) groups is 2. The largest absolute Gasteiger partial charge is 0.482 e. The summed E-state index contributed by atoms with van der Waals surface area (Å²) < 4.78 is 46.9. The minimum atomic E-state index is -3.82. The molecule has 164 valence electrons. The third-order valence-corrected chi connectivity index (χ3v) is 7.51.